The van der Waals surface area contributed by atoms with E-state index in [-0.39, 0.29) is 0 Å². The van der Waals surface area contributed by atoms with Crippen LogP contribution in [0.3, 0.4) is 0 Å². The Morgan fingerprint density at radius 1 is 0.700 bits per heavy atom. The first-order chi connectivity index (χ1) is 9.86. The molecule has 0 aromatic heterocycles. The van der Waals surface area contributed by atoms with Crippen LogP contribution in [-0.2, 0) is 6.42 Å². The van der Waals surface area contributed by atoms with Crippen molar-refractivity contribution in [1.29, 1.82) is 0 Å². The second-order valence-electron chi connectivity index (χ2n) is 3.70. The largest absolute Gasteiger partial charge is 0.229 e. The molecule has 0 aliphatic carbocycles. The Morgan fingerprint density at radius 3 is 1.30 bits per heavy atom. The molecule has 0 unspecified atom stereocenters. The Morgan fingerprint density at radius 2 is 1.05 bits per heavy atom. The summed E-state index contributed by atoms with van der Waals surface area (Å²) in [4.78, 5) is 6.88. The van der Waals surface area contributed by atoms with Crippen LogP contribution in [0.4, 0.5) is 0 Å². The smallest absolute Gasteiger partial charge is 0.0886 e. The van der Waals surface area contributed by atoms with Crippen LogP contribution >= 0.6 is 0 Å². The van der Waals surface area contributed by atoms with Crippen LogP contribution in [0.5, 0.6) is 0 Å². The van der Waals surface area contributed by atoms with Gasteiger partial charge in [0.05, 0.1) is 6.01 Å². The molecule has 106 valence electrons. The van der Waals surface area contributed by atoms with Crippen LogP contribution in [0.15, 0.2) is 70.6 Å². The van der Waals surface area contributed by atoms with E-state index in [1.54, 1.807) is 14.1 Å². The van der Waals surface area contributed by atoms with E-state index in [1.807, 2.05) is 13.8 Å². The van der Waals surface area contributed by atoms with Gasteiger partial charge in [-0.25, -0.2) is 9.98 Å². The first-order valence-electron chi connectivity index (χ1n) is 6.87. The lowest BCUT2D eigenvalue weighted by atomic mass is 10.1. The van der Waals surface area contributed by atoms with Gasteiger partial charge in [-0.3, -0.25) is 0 Å². The molecule has 0 radical (unpaired) electrons. The fourth-order valence-electron chi connectivity index (χ4n) is 1.53. The van der Waals surface area contributed by atoms with Crippen molar-refractivity contribution in [3.63, 3.8) is 0 Å². The number of nitrogens with zero attached hydrogens (tertiary/aromatic N) is 2. The SMILES string of the molecule is CC.CN=C=NC.c1ccc(Cc2ccccc2)cc1. The summed E-state index contributed by atoms with van der Waals surface area (Å²) in [6, 6.07) is 23.4. The number of rotatable bonds is 2. The van der Waals surface area contributed by atoms with Gasteiger partial charge in [-0.05, 0) is 17.5 Å². The standard InChI is InChI=1S/C13H12.C3H6N2.C2H6/c1-3-7-12(8-4-1)11-13-9-5-2-6-10-13;1-4-3-5-2;1-2/h1-10H,11H2;1-2H3;1-2H3. The van der Waals surface area contributed by atoms with E-state index in [0.717, 1.165) is 6.42 Å². The fourth-order valence-corrected chi connectivity index (χ4v) is 1.53. The van der Waals surface area contributed by atoms with Crippen molar-refractivity contribution in [1.82, 2.24) is 0 Å². The molecule has 2 aromatic carbocycles. The van der Waals surface area contributed by atoms with Crippen LogP contribution < -0.4 is 0 Å². The highest BCUT2D eigenvalue weighted by Crippen LogP contribution is 2.07. The van der Waals surface area contributed by atoms with E-state index in [1.165, 1.54) is 11.1 Å². The van der Waals surface area contributed by atoms with Gasteiger partial charge in [0.2, 0.25) is 0 Å². The third-order valence-electron chi connectivity index (χ3n) is 2.29. The molecule has 0 fully saturated rings. The Hall–Kier alpha value is -2.18. The third-order valence-corrected chi connectivity index (χ3v) is 2.29. The maximum absolute atomic E-state index is 3.44. The van der Waals surface area contributed by atoms with Crippen molar-refractivity contribution in [2.75, 3.05) is 14.1 Å². The van der Waals surface area contributed by atoms with Crippen molar-refractivity contribution < 1.29 is 0 Å². The highest BCUT2D eigenvalue weighted by atomic mass is 14.7. The predicted octanol–water partition coefficient (Wildman–Crippen LogP) is 4.72. The van der Waals surface area contributed by atoms with Crippen molar-refractivity contribution in [3.8, 4) is 0 Å². The molecule has 0 aliphatic heterocycles. The van der Waals surface area contributed by atoms with Crippen molar-refractivity contribution in [2.24, 2.45) is 9.98 Å². The zero-order valence-electron chi connectivity index (χ0n) is 12.9. The van der Waals surface area contributed by atoms with Gasteiger partial charge >= 0.3 is 0 Å². The Bertz CT molecular complexity index is 440. The van der Waals surface area contributed by atoms with Gasteiger partial charge in [-0.15, -0.1) is 0 Å². The monoisotopic (exact) mass is 268 g/mol. The van der Waals surface area contributed by atoms with E-state index in [2.05, 4.69) is 76.7 Å². The van der Waals surface area contributed by atoms with Crippen molar-refractivity contribution in [2.45, 2.75) is 20.3 Å². The minimum Gasteiger partial charge on any atom is -0.229 e. The molecule has 2 aromatic rings. The summed E-state index contributed by atoms with van der Waals surface area (Å²) in [7, 11) is 3.26. The van der Waals surface area contributed by atoms with Crippen LogP contribution in [-0.4, -0.2) is 20.1 Å². The van der Waals surface area contributed by atoms with Gasteiger partial charge in [0.1, 0.15) is 0 Å². The van der Waals surface area contributed by atoms with Gasteiger partial charge in [0.25, 0.3) is 0 Å². The molecule has 0 spiro atoms. The van der Waals surface area contributed by atoms with Gasteiger partial charge < -0.3 is 0 Å². The zero-order valence-corrected chi connectivity index (χ0v) is 12.9. The van der Waals surface area contributed by atoms with Crippen LogP contribution in [0.2, 0.25) is 0 Å². The maximum Gasteiger partial charge on any atom is 0.0886 e. The number of hydrogen-bond donors (Lipinski definition) is 0. The summed E-state index contributed by atoms with van der Waals surface area (Å²) in [6.45, 7) is 4.00. The lowest BCUT2D eigenvalue weighted by Gasteiger charge is -2.00. The lowest BCUT2D eigenvalue weighted by Crippen LogP contribution is -1.85. The molecule has 0 atom stereocenters. The van der Waals surface area contributed by atoms with Crippen LogP contribution in [0, 0.1) is 0 Å². The second kappa shape index (κ2) is 13.3. The summed E-state index contributed by atoms with van der Waals surface area (Å²) in [5.41, 5.74) is 2.74. The third kappa shape index (κ3) is 8.84. The summed E-state index contributed by atoms with van der Waals surface area (Å²) >= 11 is 0. The van der Waals surface area contributed by atoms with Crippen LogP contribution in [0.1, 0.15) is 25.0 Å². The Balaban J connectivity index is 0.000000441. The average molecular weight is 268 g/mol. The Labute approximate surface area is 122 Å². The summed E-state index contributed by atoms with van der Waals surface area (Å²) in [5, 5.41) is 0. The molecule has 2 heteroatoms. The summed E-state index contributed by atoms with van der Waals surface area (Å²) < 4.78 is 0. The number of hydrogen-bond acceptors (Lipinski definition) is 2. The second-order valence-corrected chi connectivity index (χ2v) is 3.70. The molecule has 20 heavy (non-hydrogen) atoms. The lowest BCUT2D eigenvalue weighted by molar-refractivity contribution is 1.19. The highest BCUT2D eigenvalue weighted by molar-refractivity contribution is 5.39. The van der Waals surface area contributed by atoms with Gasteiger partial charge in [-0.2, -0.15) is 0 Å². The quantitative estimate of drug-likeness (QED) is 0.704. The van der Waals surface area contributed by atoms with E-state index in [4.69, 9.17) is 0 Å². The van der Waals surface area contributed by atoms with E-state index >= 15 is 0 Å². The van der Waals surface area contributed by atoms with Crippen LogP contribution in [0.25, 0.3) is 0 Å². The molecule has 0 bridgehead atoms. The predicted molar refractivity (Wildman–Crippen MR) is 88.7 cm³/mol. The number of aliphatic imine (C=N–C) groups is 2. The molecule has 2 rings (SSSR count). The zero-order chi connectivity index (χ0) is 15.1. The molecule has 0 heterocycles. The molecule has 0 saturated heterocycles. The van der Waals surface area contributed by atoms with Gasteiger partial charge in [0.15, 0.2) is 0 Å². The topological polar surface area (TPSA) is 24.7 Å². The minimum absolute atomic E-state index is 1.03. The molecular formula is C18H24N2. The van der Waals surface area contributed by atoms with E-state index in [9.17, 15) is 0 Å². The normalized spacial score (nSPS) is 8.00. The van der Waals surface area contributed by atoms with Crippen molar-refractivity contribution in [3.05, 3.63) is 71.8 Å². The average Bonchev–Trinajstić information content (AvgIpc) is 2.53. The Kier molecular flexibility index (Phi) is 11.8. The molecule has 0 N–H and O–H groups in total. The van der Waals surface area contributed by atoms with Crippen molar-refractivity contribution >= 4 is 6.01 Å². The molecule has 0 aliphatic rings. The minimum atomic E-state index is 1.03. The highest BCUT2D eigenvalue weighted by Gasteiger charge is 1.92. The fraction of sp³-hybridized carbons (Fsp3) is 0.278. The first kappa shape index (κ1) is 17.8. The first-order valence-corrected chi connectivity index (χ1v) is 6.87. The van der Waals surface area contributed by atoms with Gasteiger partial charge in [-0.1, -0.05) is 74.5 Å². The molecule has 0 amide bonds. The molecule has 0 saturated carbocycles. The van der Waals surface area contributed by atoms with E-state index < -0.39 is 0 Å². The summed E-state index contributed by atoms with van der Waals surface area (Å²) in [5.74, 6) is 0. The molecule has 2 nitrogen and oxygen atoms in total. The summed E-state index contributed by atoms with van der Waals surface area (Å²) in [6.07, 6.45) is 1.03. The number of benzene rings is 2. The van der Waals surface area contributed by atoms with E-state index in [0.29, 0.717) is 0 Å². The van der Waals surface area contributed by atoms with Gasteiger partial charge in [0, 0.05) is 14.1 Å². The maximum atomic E-state index is 3.44. The molecular weight excluding hydrogens is 244 g/mol.